The summed E-state index contributed by atoms with van der Waals surface area (Å²) in [7, 11) is 0. The van der Waals surface area contributed by atoms with Crippen molar-refractivity contribution in [1.29, 1.82) is 0 Å². The Morgan fingerprint density at radius 1 is 0.800 bits per heavy atom. The largest absolute Gasteiger partial charge is 0.360 e. The molecule has 0 unspecified atom stereocenters. The van der Waals surface area contributed by atoms with Crippen LogP contribution in [0.25, 0.3) is 20.9 Å². The van der Waals surface area contributed by atoms with E-state index in [9.17, 15) is 0 Å². The van der Waals surface area contributed by atoms with Crippen molar-refractivity contribution in [2.24, 2.45) is 0 Å². The Labute approximate surface area is 135 Å². The van der Waals surface area contributed by atoms with E-state index in [1.54, 1.807) is 17.5 Å². The quantitative estimate of drug-likeness (QED) is 0.343. The first-order valence-electron chi connectivity index (χ1n) is 6.07. The summed E-state index contributed by atoms with van der Waals surface area (Å²) in [6.07, 6.45) is 4.65. The topological polar surface area (TPSA) is 12.9 Å². The summed E-state index contributed by atoms with van der Waals surface area (Å²) in [4.78, 5) is 3.89. The third-order valence-electron chi connectivity index (χ3n) is 2.84. The Balaban J connectivity index is 0.000000141. The van der Waals surface area contributed by atoms with Gasteiger partial charge in [-0.05, 0) is 29.1 Å². The minimum Gasteiger partial charge on any atom is -0.360 e. The van der Waals surface area contributed by atoms with Gasteiger partial charge in [-0.25, -0.2) is 0 Å². The average molecular weight is 455 g/mol. The van der Waals surface area contributed by atoms with Crippen molar-refractivity contribution < 1.29 is 20.1 Å². The molecule has 2 aromatic heterocycles. The van der Waals surface area contributed by atoms with Crippen LogP contribution >= 0.6 is 11.3 Å². The van der Waals surface area contributed by atoms with Crippen LogP contribution in [-0.4, -0.2) is 4.98 Å². The van der Waals surface area contributed by atoms with E-state index in [1.165, 1.54) is 15.5 Å². The SMILES string of the molecule is [Ir].[c-]1nccc2ccccc12.c1ccc2sccc2c1. The smallest absolute Gasteiger partial charge is 0.0342 e. The molecule has 1 nitrogen and oxygen atoms in total. The van der Waals surface area contributed by atoms with Crippen molar-refractivity contribution >= 4 is 32.2 Å². The second-order valence-corrected chi connectivity index (χ2v) is 5.05. The molecule has 0 aliphatic carbocycles. The monoisotopic (exact) mass is 455 g/mol. The Morgan fingerprint density at radius 2 is 1.55 bits per heavy atom. The predicted molar refractivity (Wildman–Crippen MR) is 82.4 cm³/mol. The van der Waals surface area contributed by atoms with Crippen LogP contribution in [0.2, 0.25) is 0 Å². The third-order valence-corrected chi connectivity index (χ3v) is 3.73. The molecule has 0 spiro atoms. The molecule has 0 aliphatic rings. The van der Waals surface area contributed by atoms with E-state index in [4.69, 9.17) is 0 Å². The molecule has 0 aliphatic heterocycles. The van der Waals surface area contributed by atoms with Gasteiger partial charge in [-0.15, -0.1) is 40.3 Å². The van der Waals surface area contributed by atoms with Crippen molar-refractivity contribution in [2.75, 3.05) is 0 Å². The molecule has 20 heavy (non-hydrogen) atoms. The summed E-state index contributed by atoms with van der Waals surface area (Å²) in [6.45, 7) is 0. The Bertz CT molecular complexity index is 699. The van der Waals surface area contributed by atoms with E-state index in [0.29, 0.717) is 0 Å². The van der Waals surface area contributed by atoms with Crippen LogP contribution in [0.3, 0.4) is 0 Å². The van der Waals surface area contributed by atoms with Crippen LogP contribution in [0.4, 0.5) is 0 Å². The van der Waals surface area contributed by atoms with Crippen molar-refractivity contribution in [3.05, 3.63) is 78.4 Å². The first-order valence-corrected chi connectivity index (χ1v) is 6.95. The van der Waals surface area contributed by atoms with Gasteiger partial charge in [-0.1, -0.05) is 36.5 Å². The van der Waals surface area contributed by atoms with E-state index in [1.807, 2.05) is 30.3 Å². The molecule has 0 amide bonds. The van der Waals surface area contributed by atoms with Crippen LogP contribution in [0.15, 0.2) is 72.2 Å². The van der Waals surface area contributed by atoms with E-state index in [2.05, 4.69) is 46.9 Å². The number of aromatic nitrogens is 1. The van der Waals surface area contributed by atoms with Crippen LogP contribution < -0.4 is 0 Å². The van der Waals surface area contributed by atoms with E-state index in [0.717, 1.165) is 5.39 Å². The summed E-state index contributed by atoms with van der Waals surface area (Å²) in [5.74, 6) is 0. The summed E-state index contributed by atoms with van der Waals surface area (Å²) in [5, 5.41) is 5.73. The van der Waals surface area contributed by atoms with E-state index in [-0.39, 0.29) is 20.1 Å². The van der Waals surface area contributed by atoms with Crippen LogP contribution in [0, 0.1) is 6.20 Å². The van der Waals surface area contributed by atoms with Crippen molar-refractivity contribution in [2.45, 2.75) is 0 Å². The van der Waals surface area contributed by atoms with Crippen molar-refractivity contribution in [1.82, 2.24) is 4.98 Å². The summed E-state index contributed by atoms with van der Waals surface area (Å²) < 4.78 is 1.37. The molecular weight excluding hydrogens is 442 g/mol. The van der Waals surface area contributed by atoms with E-state index < -0.39 is 0 Å². The average Bonchev–Trinajstić information content (AvgIpc) is 2.96. The number of nitrogens with zero attached hydrogens (tertiary/aromatic N) is 1. The molecule has 0 N–H and O–H groups in total. The molecular formula is C17H12IrNS-. The molecule has 1 radical (unpaired) electrons. The van der Waals surface area contributed by atoms with Gasteiger partial charge in [-0.2, -0.15) is 0 Å². The van der Waals surface area contributed by atoms with E-state index >= 15 is 0 Å². The number of thiophene rings is 1. The molecule has 0 saturated heterocycles. The van der Waals surface area contributed by atoms with Crippen LogP contribution in [0.5, 0.6) is 0 Å². The predicted octanol–water partition coefficient (Wildman–Crippen LogP) is 4.93. The maximum atomic E-state index is 3.89. The molecule has 0 saturated carbocycles. The molecule has 3 heteroatoms. The first-order chi connectivity index (χ1) is 9.43. The molecule has 0 bridgehead atoms. The molecule has 0 atom stereocenters. The third kappa shape index (κ3) is 3.51. The zero-order valence-corrected chi connectivity index (χ0v) is 13.8. The molecule has 4 rings (SSSR count). The van der Waals surface area contributed by atoms with Crippen molar-refractivity contribution in [3.63, 3.8) is 0 Å². The van der Waals surface area contributed by atoms with Gasteiger partial charge in [-0.3, -0.25) is 0 Å². The number of benzene rings is 2. The maximum absolute atomic E-state index is 3.89. The Hall–Kier alpha value is -1.54. The van der Waals surface area contributed by atoms with Crippen LogP contribution in [0.1, 0.15) is 0 Å². The second-order valence-electron chi connectivity index (χ2n) is 4.10. The fourth-order valence-corrected chi connectivity index (χ4v) is 2.67. The normalized spacial score (nSPS) is 9.60. The molecule has 0 fully saturated rings. The van der Waals surface area contributed by atoms with Gasteiger partial charge < -0.3 is 4.98 Å². The summed E-state index contributed by atoms with van der Waals surface area (Å²) >= 11 is 1.79. The number of fused-ring (bicyclic) bond motifs is 2. The summed E-state index contributed by atoms with van der Waals surface area (Å²) in [5.41, 5.74) is 0. The van der Waals surface area contributed by atoms with Gasteiger partial charge >= 0.3 is 0 Å². The van der Waals surface area contributed by atoms with Crippen molar-refractivity contribution in [3.8, 4) is 0 Å². The number of pyridine rings is 1. The minimum absolute atomic E-state index is 0. The van der Waals surface area contributed by atoms with Crippen LogP contribution in [-0.2, 0) is 20.1 Å². The molecule has 101 valence electrons. The first kappa shape index (κ1) is 14.9. The molecule has 2 heterocycles. The van der Waals surface area contributed by atoms with Gasteiger partial charge in [0.2, 0.25) is 0 Å². The van der Waals surface area contributed by atoms with Gasteiger partial charge in [0.1, 0.15) is 0 Å². The Kier molecular flexibility index (Phi) is 5.42. The van der Waals surface area contributed by atoms with Gasteiger partial charge in [0.25, 0.3) is 0 Å². The second kappa shape index (κ2) is 7.30. The van der Waals surface area contributed by atoms with Gasteiger partial charge in [0.15, 0.2) is 0 Å². The molecule has 4 aromatic rings. The maximum Gasteiger partial charge on any atom is 0.0342 e. The zero-order valence-electron chi connectivity index (χ0n) is 10.6. The molecule has 2 aromatic carbocycles. The fourth-order valence-electron chi connectivity index (χ4n) is 1.87. The summed E-state index contributed by atoms with van der Waals surface area (Å²) in [6, 6.07) is 20.6. The minimum atomic E-state index is 0. The zero-order chi connectivity index (χ0) is 12.9. The number of hydrogen-bond acceptors (Lipinski definition) is 2. The number of rotatable bonds is 0. The Morgan fingerprint density at radius 3 is 2.35 bits per heavy atom. The van der Waals surface area contributed by atoms with Gasteiger partial charge in [0.05, 0.1) is 0 Å². The number of hydrogen-bond donors (Lipinski definition) is 0. The fraction of sp³-hybridized carbons (Fsp3) is 0. The standard InChI is InChI=1S/C9H6N.C8H6S.Ir/c1-2-4-9-7-10-6-5-8(9)3-1;1-2-4-8-7(3-1)5-6-9-8;/h1-6H;1-6H;/q-1;;. The van der Waals surface area contributed by atoms with Gasteiger partial charge in [0, 0.05) is 24.8 Å².